The van der Waals surface area contributed by atoms with Crippen LogP contribution in [-0.2, 0) is 38.3 Å². The molecule has 2 fully saturated rings. The summed E-state index contributed by atoms with van der Waals surface area (Å²) in [5.74, 6) is 1.39. The van der Waals surface area contributed by atoms with Gasteiger partial charge in [-0.1, -0.05) is 183 Å². The molecule has 67 heavy (non-hydrogen) atoms. The van der Waals surface area contributed by atoms with E-state index in [9.17, 15) is 7.85 Å². The van der Waals surface area contributed by atoms with Crippen LogP contribution in [-0.4, -0.2) is 19.6 Å². The minimum atomic E-state index is -1.48. The Kier molecular flexibility index (Phi) is 12.6. The van der Waals surface area contributed by atoms with Crippen molar-refractivity contribution in [1.29, 1.82) is 0 Å². The van der Waals surface area contributed by atoms with Crippen molar-refractivity contribution in [3.8, 4) is 67.5 Å². The Morgan fingerprint density at radius 2 is 1.34 bits per heavy atom. The molecule has 8 aromatic rings. The zero-order chi connectivity index (χ0) is 47.4. The van der Waals surface area contributed by atoms with Gasteiger partial charge in [0.1, 0.15) is 11.6 Å². The summed E-state index contributed by atoms with van der Waals surface area (Å²) < 4.78 is 21.1. The maximum Gasteiger partial charge on any atom is 0.148 e. The Bertz CT molecular complexity index is 3110. The van der Waals surface area contributed by atoms with E-state index in [0.717, 1.165) is 92.6 Å². The Hall–Kier alpha value is -5.57. The number of fused-ring (bicyclic) bond motifs is 1. The van der Waals surface area contributed by atoms with Gasteiger partial charge in [0.15, 0.2) is 0 Å². The summed E-state index contributed by atoms with van der Waals surface area (Å²) >= 11 is 0. The molecule has 0 atom stereocenters. The summed E-state index contributed by atoms with van der Waals surface area (Å²) in [6.45, 7) is 13.3. The SMILES string of the molecule is [2H]C([2H])(c1ccc(-n2c(-c3cc(C(C)(C)C)ccc3O)nc3c(-c4[c-]c(-c5cc(-c6ccc(C7CCCCC7)cc6)ccn5)cc(C(C)(C)C)c4)cccc32)c(-c2ccccc2)c1)C1CCCC1.[Pt]. The molecular weight excluding hydrogens is 998 g/mol. The summed E-state index contributed by atoms with van der Waals surface area (Å²) in [4.78, 5) is 10.5. The zero-order valence-corrected chi connectivity index (χ0v) is 42.2. The van der Waals surface area contributed by atoms with E-state index in [1.807, 2.05) is 36.5 Å². The standard InChI is InChI=1S/C62H64N3O.Pt/c1-61(2,3)50-29-31-58(66)54(40-50)60-64-59-52(22-15-23-57(59)65(60)56-30-24-42(34-41-16-13-14-17-41)35-53(56)46-20-11-8-12-21-46)48-36-49(38-51(37-48)62(4,5)6)55-39-47(32-33-63-55)45-27-25-44(26-28-45)43-18-9-7-10-19-43;/h8,11-12,15,20-33,35,37-41,43,66H,7,9-10,13-14,16-19,34H2,1-6H3;/q-1;/i34D2;. The first-order valence-electron chi connectivity index (χ1n) is 25.3. The number of benzene rings is 6. The molecule has 0 aliphatic heterocycles. The van der Waals surface area contributed by atoms with Gasteiger partial charge in [-0.2, -0.15) is 0 Å². The Balaban J connectivity index is 0.00000593. The number of aromatic hydroxyl groups is 1. The topological polar surface area (TPSA) is 50.9 Å². The second-order valence-corrected chi connectivity index (χ2v) is 21.0. The van der Waals surface area contributed by atoms with Gasteiger partial charge in [-0.25, -0.2) is 4.98 Å². The van der Waals surface area contributed by atoms with Crippen molar-refractivity contribution in [1.82, 2.24) is 14.5 Å². The number of pyridine rings is 1. The van der Waals surface area contributed by atoms with Gasteiger partial charge in [-0.15, -0.1) is 29.3 Å². The molecule has 0 unspecified atom stereocenters. The summed E-state index contributed by atoms with van der Waals surface area (Å²) in [7, 11) is 0. The van der Waals surface area contributed by atoms with Crippen LogP contribution in [0, 0.1) is 12.0 Å². The molecule has 5 heteroatoms. The van der Waals surface area contributed by atoms with Crippen molar-refractivity contribution in [3.05, 3.63) is 168 Å². The van der Waals surface area contributed by atoms with Gasteiger partial charge >= 0.3 is 0 Å². The first kappa shape index (κ1) is 44.0. The Morgan fingerprint density at radius 3 is 2.07 bits per heavy atom. The number of rotatable bonds is 9. The van der Waals surface area contributed by atoms with Gasteiger partial charge in [-0.05, 0) is 112 Å². The number of hydrogen-bond acceptors (Lipinski definition) is 3. The third-order valence-electron chi connectivity index (χ3n) is 14.2. The van der Waals surface area contributed by atoms with E-state index in [1.165, 1.54) is 43.2 Å². The number of phenols is 1. The number of imidazole rings is 1. The molecule has 0 bridgehead atoms. The Morgan fingerprint density at radius 1 is 0.627 bits per heavy atom. The average Bonchev–Trinajstić information content (AvgIpc) is 4.04. The monoisotopic (exact) mass is 1060 g/mol. The van der Waals surface area contributed by atoms with Crippen LogP contribution in [0.4, 0.5) is 0 Å². The summed E-state index contributed by atoms with van der Waals surface area (Å²) in [6.07, 6.45) is 10.9. The fourth-order valence-electron chi connectivity index (χ4n) is 10.3. The molecule has 0 spiro atoms. The predicted octanol–water partition coefficient (Wildman–Crippen LogP) is 16.6. The van der Waals surface area contributed by atoms with Crippen LogP contribution in [0.3, 0.4) is 0 Å². The van der Waals surface area contributed by atoms with Crippen LogP contribution in [0.2, 0.25) is 0 Å². The number of phenolic OH excluding ortho intramolecular Hbond substituents is 1. The van der Waals surface area contributed by atoms with E-state index in [0.29, 0.717) is 22.9 Å². The van der Waals surface area contributed by atoms with Crippen LogP contribution >= 0.6 is 0 Å². The first-order chi connectivity index (χ1) is 32.6. The molecule has 344 valence electrons. The van der Waals surface area contributed by atoms with Gasteiger partial charge in [0.25, 0.3) is 0 Å². The van der Waals surface area contributed by atoms with Crippen LogP contribution < -0.4 is 0 Å². The van der Waals surface area contributed by atoms with Crippen molar-refractivity contribution in [3.63, 3.8) is 0 Å². The molecule has 2 saturated carbocycles. The van der Waals surface area contributed by atoms with E-state index >= 15 is 0 Å². The van der Waals surface area contributed by atoms with Gasteiger partial charge in [0, 0.05) is 41.3 Å². The normalized spacial score (nSPS) is 15.6. The third-order valence-corrected chi connectivity index (χ3v) is 14.2. The molecule has 4 nitrogen and oxygen atoms in total. The van der Waals surface area contributed by atoms with E-state index in [4.69, 9.17) is 9.97 Å². The van der Waals surface area contributed by atoms with Crippen LogP contribution in [0.15, 0.2) is 140 Å². The molecule has 10 rings (SSSR count). The number of hydrogen-bond donors (Lipinski definition) is 1. The molecule has 2 aliphatic rings. The average molecular weight is 1060 g/mol. The fourth-order valence-corrected chi connectivity index (χ4v) is 10.3. The third kappa shape index (κ3) is 9.75. The molecule has 2 aliphatic carbocycles. The number of nitrogens with zero attached hydrogens (tertiary/aromatic N) is 3. The first-order valence-corrected chi connectivity index (χ1v) is 24.3. The number of para-hydroxylation sites is 1. The zero-order valence-electron chi connectivity index (χ0n) is 41.9. The second-order valence-electron chi connectivity index (χ2n) is 21.0. The van der Waals surface area contributed by atoms with E-state index in [1.54, 1.807) is 6.07 Å². The quantitative estimate of drug-likeness (QED) is 0.147. The molecule has 2 aromatic heterocycles. The molecule has 1 N–H and O–H groups in total. The van der Waals surface area contributed by atoms with Gasteiger partial charge in [-0.3, -0.25) is 9.55 Å². The second kappa shape index (κ2) is 19.2. The summed E-state index contributed by atoms with van der Waals surface area (Å²) in [5.41, 5.74) is 15.0. The largest absolute Gasteiger partial charge is 0.507 e. The van der Waals surface area contributed by atoms with E-state index in [-0.39, 0.29) is 43.6 Å². The molecule has 0 radical (unpaired) electrons. The maximum absolute atomic E-state index is 11.8. The molecule has 2 heterocycles. The van der Waals surface area contributed by atoms with Crippen molar-refractivity contribution < 1.29 is 28.9 Å². The van der Waals surface area contributed by atoms with Crippen molar-refractivity contribution in [2.75, 3.05) is 0 Å². The van der Waals surface area contributed by atoms with Crippen molar-refractivity contribution in [2.45, 2.75) is 122 Å². The Labute approximate surface area is 416 Å². The molecular formula is C62H64N3OPt-. The van der Waals surface area contributed by atoms with Gasteiger partial charge in [0.05, 0.1) is 22.3 Å². The minimum Gasteiger partial charge on any atom is -0.507 e. The smallest absolute Gasteiger partial charge is 0.148 e. The van der Waals surface area contributed by atoms with Gasteiger partial charge < -0.3 is 5.11 Å². The van der Waals surface area contributed by atoms with E-state index < -0.39 is 6.37 Å². The summed E-state index contributed by atoms with van der Waals surface area (Å²) in [5, 5.41) is 11.8. The fraction of sp³-hybridized carbons (Fsp3) is 0.323. The predicted molar refractivity (Wildman–Crippen MR) is 275 cm³/mol. The molecule has 0 amide bonds. The van der Waals surface area contributed by atoms with Crippen LogP contribution in [0.1, 0.15) is 130 Å². The molecule has 0 saturated heterocycles. The van der Waals surface area contributed by atoms with Crippen LogP contribution in [0.5, 0.6) is 5.75 Å². The van der Waals surface area contributed by atoms with Gasteiger partial charge in [0.2, 0.25) is 0 Å². The summed E-state index contributed by atoms with van der Waals surface area (Å²) in [6, 6.07) is 50.4. The maximum atomic E-state index is 11.8. The van der Waals surface area contributed by atoms with E-state index in [2.05, 4.69) is 149 Å². The van der Waals surface area contributed by atoms with Crippen molar-refractivity contribution >= 4 is 11.0 Å². The van der Waals surface area contributed by atoms with Crippen molar-refractivity contribution in [2.24, 2.45) is 5.92 Å². The number of aromatic nitrogens is 3. The van der Waals surface area contributed by atoms with Crippen LogP contribution in [0.25, 0.3) is 72.7 Å². The minimum absolute atomic E-state index is 0. The molecule has 6 aromatic carbocycles.